The SMILES string of the molecule is CC1CCN(c2ccc(NC(=O)CSc3ccccc3)cc2C(=O)N[C@@H](C)c2ccccc2)CC1. The maximum atomic E-state index is 13.5. The number of nitrogens with one attached hydrogen (secondary N) is 2. The molecule has 4 rings (SSSR count). The first-order valence-corrected chi connectivity index (χ1v) is 13.2. The van der Waals surface area contributed by atoms with Gasteiger partial charge < -0.3 is 15.5 Å². The van der Waals surface area contributed by atoms with Crippen molar-refractivity contribution in [1.82, 2.24) is 5.32 Å². The molecule has 3 aromatic rings. The number of amides is 2. The number of carbonyl (C=O) groups is 2. The fourth-order valence-electron chi connectivity index (χ4n) is 4.28. The van der Waals surface area contributed by atoms with Crippen LogP contribution in [-0.2, 0) is 4.79 Å². The molecule has 0 aromatic heterocycles. The Balaban J connectivity index is 1.51. The van der Waals surface area contributed by atoms with Crippen LogP contribution in [0.15, 0.2) is 83.8 Å². The van der Waals surface area contributed by atoms with Crippen molar-refractivity contribution in [2.24, 2.45) is 5.92 Å². The lowest BCUT2D eigenvalue weighted by atomic mass is 9.97. The van der Waals surface area contributed by atoms with Crippen molar-refractivity contribution in [1.29, 1.82) is 0 Å². The summed E-state index contributed by atoms with van der Waals surface area (Å²) in [4.78, 5) is 29.4. The van der Waals surface area contributed by atoms with Crippen LogP contribution in [0.5, 0.6) is 0 Å². The number of benzene rings is 3. The van der Waals surface area contributed by atoms with Gasteiger partial charge in [0.05, 0.1) is 17.4 Å². The van der Waals surface area contributed by atoms with Gasteiger partial charge in [-0.2, -0.15) is 0 Å². The number of anilines is 2. The highest BCUT2D eigenvalue weighted by molar-refractivity contribution is 8.00. The minimum Gasteiger partial charge on any atom is -0.371 e. The zero-order valence-electron chi connectivity index (χ0n) is 20.4. The van der Waals surface area contributed by atoms with E-state index in [-0.39, 0.29) is 17.9 Å². The summed E-state index contributed by atoms with van der Waals surface area (Å²) in [6.07, 6.45) is 2.22. The molecule has 0 aliphatic carbocycles. The average molecular weight is 488 g/mol. The van der Waals surface area contributed by atoms with E-state index in [0.717, 1.165) is 42.1 Å². The summed E-state index contributed by atoms with van der Waals surface area (Å²) in [6, 6.07) is 25.4. The predicted octanol–water partition coefficient (Wildman–Crippen LogP) is 6.14. The van der Waals surface area contributed by atoms with E-state index in [1.807, 2.05) is 85.8 Å². The van der Waals surface area contributed by atoms with Gasteiger partial charge in [-0.15, -0.1) is 11.8 Å². The Bertz CT molecular complexity index is 1130. The first kappa shape index (κ1) is 24.9. The quantitative estimate of drug-likeness (QED) is 0.375. The van der Waals surface area contributed by atoms with Gasteiger partial charge in [0.25, 0.3) is 5.91 Å². The molecule has 2 N–H and O–H groups in total. The molecule has 1 fully saturated rings. The van der Waals surface area contributed by atoms with Crippen LogP contribution in [0, 0.1) is 5.92 Å². The lowest BCUT2D eigenvalue weighted by molar-refractivity contribution is -0.113. The molecule has 0 saturated carbocycles. The Morgan fingerprint density at radius 3 is 2.31 bits per heavy atom. The Morgan fingerprint density at radius 1 is 0.971 bits per heavy atom. The van der Waals surface area contributed by atoms with Crippen molar-refractivity contribution in [3.63, 3.8) is 0 Å². The molecule has 3 aromatic carbocycles. The number of rotatable bonds is 8. The van der Waals surface area contributed by atoms with Crippen LogP contribution < -0.4 is 15.5 Å². The molecule has 182 valence electrons. The number of hydrogen-bond donors (Lipinski definition) is 2. The molecule has 35 heavy (non-hydrogen) atoms. The van der Waals surface area contributed by atoms with E-state index in [2.05, 4.69) is 22.5 Å². The summed E-state index contributed by atoms with van der Waals surface area (Å²) in [7, 11) is 0. The van der Waals surface area contributed by atoms with Gasteiger partial charge >= 0.3 is 0 Å². The van der Waals surface area contributed by atoms with Crippen LogP contribution in [0.4, 0.5) is 11.4 Å². The molecule has 5 nitrogen and oxygen atoms in total. The second kappa shape index (κ2) is 11.9. The first-order chi connectivity index (χ1) is 17.0. The van der Waals surface area contributed by atoms with E-state index < -0.39 is 0 Å². The van der Waals surface area contributed by atoms with E-state index in [9.17, 15) is 9.59 Å². The minimum absolute atomic E-state index is 0.0950. The molecule has 1 atom stereocenters. The zero-order chi connectivity index (χ0) is 24.6. The monoisotopic (exact) mass is 487 g/mol. The van der Waals surface area contributed by atoms with Gasteiger partial charge in [0.15, 0.2) is 0 Å². The summed E-state index contributed by atoms with van der Waals surface area (Å²) in [6.45, 7) is 6.12. The van der Waals surface area contributed by atoms with E-state index in [1.54, 1.807) is 0 Å². The number of piperidine rings is 1. The summed E-state index contributed by atoms with van der Waals surface area (Å²) in [5, 5.41) is 6.12. The number of hydrogen-bond acceptors (Lipinski definition) is 4. The number of carbonyl (C=O) groups excluding carboxylic acids is 2. The minimum atomic E-state index is -0.135. The Morgan fingerprint density at radius 2 is 1.63 bits per heavy atom. The molecule has 1 heterocycles. The Hall–Kier alpha value is -3.25. The highest BCUT2D eigenvalue weighted by Gasteiger charge is 2.23. The standard InChI is InChI=1S/C29H33N3O2S/c1-21-15-17-32(18-16-21)27-14-13-24(31-28(33)20-35-25-11-7-4-8-12-25)19-26(27)29(34)30-22(2)23-9-5-3-6-10-23/h3-14,19,21-22H,15-18,20H2,1-2H3,(H,30,34)(H,31,33)/t22-/m0/s1. The van der Waals surface area contributed by atoms with Crippen molar-refractivity contribution < 1.29 is 9.59 Å². The Kier molecular flexibility index (Phi) is 8.48. The lowest BCUT2D eigenvalue weighted by Gasteiger charge is -2.33. The van der Waals surface area contributed by atoms with Gasteiger partial charge in [-0.25, -0.2) is 0 Å². The fourth-order valence-corrected chi connectivity index (χ4v) is 5.00. The molecule has 6 heteroatoms. The van der Waals surface area contributed by atoms with Gasteiger partial charge in [-0.1, -0.05) is 55.5 Å². The number of nitrogens with zero attached hydrogens (tertiary/aromatic N) is 1. The second-order valence-corrected chi connectivity index (χ2v) is 10.2. The van der Waals surface area contributed by atoms with Gasteiger partial charge in [0, 0.05) is 29.4 Å². The van der Waals surface area contributed by atoms with E-state index in [1.165, 1.54) is 11.8 Å². The molecule has 1 aliphatic rings. The molecule has 2 amide bonds. The van der Waals surface area contributed by atoms with Gasteiger partial charge in [0.2, 0.25) is 5.91 Å². The van der Waals surface area contributed by atoms with Crippen LogP contribution in [0.1, 0.15) is 48.7 Å². The maximum absolute atomic E-state index is 13.5. The van der Waals surface area contributed by atoms with Crippen molar-refractivity contribution >= 4 is 35.0 Å². The molecule has 0 radical (unpaired) electrons. The van der Waals surface area contributed by atoms with Crippen molar-refractivity contribution in [3.05, 3.63) is 90.0 Å². The molecular formula is C29H33N3O2S. The second-order valence-electron chi connectivity index (χ2n) is 9.16. The summed E-state index contributed by atoms with van der Waals surface area (Å²) >= 11 is 1.49. The highest BCUT2D eigenvalue weighted by atomic mass is 32.2. The smallest absolute Gasteiger partial charge is 0.253 e. The van der Waals surface area contributed by atoms with Crippen molar-refractivity contribution in [2.75, 3.05) is 29.1 Å². The van der Waals surface area contributed by atoms with Crippen LogP contribution in [0.25, 0.3) is 0 Å². The maximum Gasteiger partial charge on any atom is 0.253 e. The van der Waals surface area contributed by atoms with E-state index in [0.29, 0.717) is 22.9 Å². The molecule has 1 aliphatic heterocycles. The van der Waals surface area contributed by atoms with Crippen molar-refractivity contribution in [3.8, 4) is 0 Å². The van der Waals surface area contributed by atoms with Crippen LogP contribution >= 0.6 is 11.8 Å². The van der Waals surface area contributed by atoms with Crippen molar-refractivity contribution in [2.45, 2.75) is 37.6 Å². The lowest BCUT2D eigenvalue weighted by Crippen LogP contribution is -2.35. The third kappa shape index (κ3) is 6.89. The summed E-state index contributed by atoms with van der Waals surface area (Å²) in [5.74, 6) is 0.775. The van der Waals surface area contributed by atoms with Crippen LogP contribution in [0.2, 0.25) is 0 Å². The van der Waals surface area contributed by atoms with E-state index >= 15 is 0 Å². The molecular weight excluding hydrogens is 454 g/mol. The Labute approximate surface area is 212 Å². The van der Waals surface area contributed by atoms with Gasteiger partial charge in [0.1, 0.15) is 0 Å². The molecule has 0 bridgehead atoms. The molecule has 0 spiro atoms. The van der Waals surface area contributed by atoms with Gasteiger partial charge in [-0.05, 0) is 61.6 Å². The van der Waals surface area contributed by atoms with Crippen LogP contribution in [0.3, 0.4) is 0 Å². The number of thioether (sulfide) groups is 1. The van der Waals surface area contributed by atoms with Gasteiger partial charge in [-0.3, -0.25) is 9.59 Å². The average Bonchev–Trinajstić information content (AvgIpc) is 2.89. The topological polar surface area (TPSA) is 61.4 Å². The van der Waals surface area contributed by atoms with E-state index in [4.69, 9.17) is 0 Å². The molecule has 1 saturated heterocycles. The third-order valence-corrected chi connectivity index (χ3v) is 7.42. The van der Waals surface area contributed by atoms with Crippen LogP contribution in [-0.4, -0.2) is 30.7 Å². The third-order valence-electron chi connectivity index (χ3n) is 6.41. The zero-order valence-corrected chi connectivity index (χ0v) is 21.2. The summed E-state index contributed by atoms with van der Waals surface area (Å²) < 4.78 is 0. The fraction of sp³-hybridized carbons (Fsp3) is 0.310. The first-order valence-electron chi connectivity index (χ1n) is 12.2. The predicted molar refractivity (Wildman–Crippen MR) is 145 cm³/mol. The molecule has 0 unspecified atom stereocenters. The summed E-state index contributed by atoms with van der Waals surface area (Å²) in [5.41, 5.74) is 3.20. The normalized spacial score (nSPS) is 14.9. The highest BCUT2D eigenvalue weighted by Crippen LogP contribution is 2.29. The largest absolute Gasteiger partial charge is 0.371 e.